The lowest BCUT2D eigenvalue weighted by Gasteiger charge is -2.11. The van der Waals surface area contributed by atoms with E-state index in [0.29, 0.717) is 6.42 Å². The maximum atomic E-state index is 11.5. The van der Waals surface area contributed by atoms with E-state index in [1.807, 2.05) is 0 Å². The van der Waals surface area contributed by atoms with Gasteiger partial charge in [-0.2, -0.15) is 0 Å². The molecule has 0 N–H and O–H groups in total. The van der Waals surface area contributed by atoms with Gasteiger partial charge in [0.1, 0.15) is 0 Å². The summed E-state index contributed by atoms with van der Waals surface area (Å²) in [5.74, 6) is -0.928. The van der Waals surface area contributed by atoms with E-state index in [9.17, 15) is 9.59 Å². The molecule has 4 heteroatoms. The number of ether oxygens (including phenoxy) is 2. The molecule has 1 saturated carbocycles. The molecule has 1 atom stereocenters. The summed E-state index contributed by atoms with van der Waals surface area (Å²) in [5, 5.41) is 0. The smallest absolute Gasteiger partial charge is 0.323 e. The van der Waals surface area contributed by atoms with Crippen LogP contribution in [0.5, 0.6) is 0 Å². The zero-order valence-electron chi connectivity index (χ0n) is 9.12. The first-order valence-corrected chi connectivity index (χ1v) is 4.91. The van der Waals surface area contributed by atoms with Crippen LogP contribution in [0.4, 0.5) is 0 Å². The Bertz CT molecular complexity index is 266. The highest BCUT2D eigenvalue weighted by molar-refractivity contribution is 6.03. The number of rotatable bonds is 5. The number of carbonyl (C=O) groups is 2. The van der Waals surface area contributed by atoms with Crippen molar-refractivity contribution in [3.8, 4) is 0 Å². The van der Waals surface area contributed by atoms with Crippen LogP contribution in [0.2, 0.25) is 0 Å². The van der Waals surface area contributed by atoms with Gasteiger partial charge in [-0.15, -0.1) is 6.58 Å². The van der Waals surface area contributed by atoms with Crippen LogP contribution in [-0.2, 0) is 19.1 Å². The van der Waals surface area contributed by atoms with Gasteiger partial charge in [0.05, 0.1) is 14.2 Å². The summed E-state index contributed by atoms with van der Waals surface area (Å²) in [6.45, 7) is 3.61. The molecule has 0 aromatic rings. The van der Waals surface area contributed by atoms with E-state index in [1.54, 1.807) is 6.08 Å². The van der Waals surface area contributed by atoms with Gasteiger partial charge in [-0.05, 0) is 25.2 Å². The SMILES string of the molecule is C=CCC[C@@H]1CC1(C(=O)OC)C(=O)OC. The van der Waals surface area contributed by atoms with Gasteiger partial charge in [-0.3, -0.25) is 9.59 Å². The highest BCUT2D eigenvalue weighted by Gasteiger charge is 2.67. The van der Waals surface area contributed by atoms with Crippen molar-refractivity contribution < 1.29 is 19.1 Å². The number of methoxy groups -OCH3 is 2. The third kappa shape index (κ3) is 1.89. The monoisotopic (exact) mass is 212 g/mol. The van der Waals surface area contributed by atoms with E-state index >= 15 is 0 Å². The molecule has 15 heavy (non-hydrogen) atoms. The van der Waals surface area contributed by atoms with Gasteiger partial charge in [-0.1, -0.05) is 6.08 Å². The van der Waals surface area contributed by atoms with E-state index in [4.69, 9.17) is 0 Å². The molecule has 0 aromatic carbocycles. The van der Waals surface area contributed by atoms with Gasteiger partial charge in [0.15, 0.2) is 5.41 Å². The van der Waals surface area contributed by atoms with Crippen LogP contribution in [-0.4, -0.2) is 26.2 Å². The minimum absolute atomic E-state index is 0.0374. The minimum Gasteiger partial charge on any atom is -0.468 e. The average Bonchev–Trinajstić information content (AvgIpc) is 2.99. The topological polar surface area (TPSA) is 52.6 Å². The van der Waals surface area contributed by atoms with Crippen molar-refractivity contribution in [1.82, 2.24) is 0 Å². The Morgan fingerprint density at radius 1 is 1.40 bits per heavy atom. The molecule has 0 radical (unpaired) electrons. The molecule has 0 saturated heterocycles. The van der Waals surface area contributed by atoms with E-state index in [-0.39, 0.29) is 5.92 Å². The standard InChI is InChI=1S/C11H16O4/c1-4-5-6-8-7-11(8,9(12)14-2)10(13)15-3/h4,8H,1,5-7H2,2-3H3/t8-/m1/s1. The Kier molecular flexibility index (Phi) is 3.50. The second kappa shape index (κ2) is 4.47. The fraction of sp³-hybridized carbons (Fsp3) is 0.636. The van der Waals surface area contributed by atoms with Crippen molar-refractivity contribution in [3.05, 3.63) is 12.7 Å². The summed E-state index contributed by atoms with van der Waals surface area (Å²) in [6, 6.07) is 0. The van der Waals surface area contributed by atoms with Crippen molar-refractivity contribution >= 4 is 11.9 Å². The highest BCUT2D eigenvalue weighted by atomic mass is 16.5. The third-order valence-electron chi connectivity index (χ3n) is 2.92. The number of allylic oxidation sites excluding steroid dienone is 1. The van der Waals surface area contributed by atoms with Crippen LogP contribution >= 0.6 is 0 Å². The third-order valence-corrected chi connectivity index (χ3v) is 2.92. The van der Waals surface area contributed by atoms with Crippen molar-refractivity contribution in [1.29, 1.82) is 0 Å². The first-order chi connectivity index (χ1) is 7.13. The average molecular weight is 212 g/mol. The highest BCUT2D eigenvalue weighted by Crippen LogP contribution is 2.56. The lowest BCUT2D eigenvalue weighted by Crippen LogP contribution is -2.30. The van der Waals surface area contributed by atoms with Crippen molar-refractivity contribution in [2.45, 2.75) is 19.3 Å². The summed E-state index contributed by atoms with van der Waals surface area (Å²) in [5.41, 5.74) is -1.04. The molecular formula is C11H16O4. The van der Waals surface area contributed by atoms with Crippen molar-refractivity contribution in [2.75, 3.05) is 14.2 Å². The zero-order valence-corrected chi connectivity index (χ0v) is 9.12. The molecule has 0 spiro atoms. The van der Waals surface area contributed by atoms with E-state index in [1.165, 1.54) is 14.2 Å². The first-order valence-electron chi connectivity index (χ1n) is 4.91. The fourth-order valence-electron chi connectivity index (χ4n) is 1.94. The van der Waals surface area contributed by atoms with E-state index in [0.717, 1.165) is 12.8 Å². The Hall–Kier alpha value is -1.32. The minimum atomic E-state index is -1.04. The number of carbonyl (C=O) groups excluding carboxylic acids is 2. The summed E-state index contributed by atoms with van der Waals surface area (Å²) < 4.78 is 9.29. The van der Waals surface area contributed by atoms with Gasteiger partial charge < -0.3 is 9.47 Å². The lowest BCUT2D eigenvalue weighted by molar-refractivity contribution is -0.162. The summed E-state index contributed by atoms with van der Waals surface area (Å²) in [6.07, 6.45) is 3.87. The summed E-state index contributed by atoms with van der Waals surface area (Å²) >= 11 is 0. The zero-order chi connectivity index (χ0) is 11.5. The molecule has 1 fully saturated rings. The van der Waals surface area contributed by atoms with Gasteiger partial charge in [0, 0.05) is 0 Å². The van der Waals surface area contributed by atoms with Crippen LogP contribution in [0, 0.1) is 11.3 Å². The second-order valence-electron chi connectivity index (χ2n) is 3.72. The number of hydrogen-bond donors (Lipinski definition) is 0. The quantitative estimate of drug-likeness (QED) is 0.391. The summed E-state index contributed by atoms with van der Waals surface area (Å²) in [4.78, 5) is 23.0. The Morgan fingerprint density at radius 2 is 1.93 bits per heavy atom. The van der Waals surface area contributed by atoms with E-state index < -0.39 is 17.4 Å². The molecule has 0 amide bonds. The van der Waals surface area contributed by atoms with Crippen LogP contribution < -0.4 is 0 Å². The molecule has 0 aromatic heterocycles. The molecule has 0 unspecified atom stereocenters. The molecule has 4 nitrogen and oxygen atoms in total. The largest absolute Gasteiger partial charge is 0.468 e. The van der Waals surface area contributed by atoms with Crippen molar-refractivity contribution in [3.63, 3.8) is 0 Å². The molecule has 1 aliphatic rings. The normalized spacial score (nSPS) is 21.6. The first kappa shape index (κ1) is 11.8. The van der Waals surface area contributed by atoms with Crippen LogP contribution in [0.15, 0.2) is 12.7 Å². The van der Waals surface area contributed by atoms with Gasteiger partial charge in [0.2, 0.25) is 0 Å². The number of esters is 2. The van der Waals surface area contributed by atoms with Gasteiger partial charge >= 0.3 is 11.9 Å². The maximum absolute atomic E-state index is 11.5. The second-order valence-corrected chi connectivity index (χ2v) is 3.72. The fourth-order valence-corrected chi connectivity index (χ4v) is 1.94. The molecule has 0 bridgehead atoms. The molecule has 1 aliphatic carbocycles. The molecule has 0 aliphatic heterocycles. The predicted octanol–water partition coefficient (Wildman–Crippen LogP) is 1.30. The van der Waals surface area contributed by atoms with Gasteiger partial charge in [0.25, 0.3) is 0 Å². The molecular weight excluding hydrogens is 196 g/mol. The Balaban J connectivity index is 2.71. The van der Waals surface area contributed by atoms with Crippen molar-refractivity contribution in [2.24, 2.45) is 11.3 Å². The molecule has 0 heterocycles. The molecule has 1 rings (SSSR count). The van der Waals surface area contributed by atoms with Crippen LogP contribution in [0.1, 0.15) is 19.3 Å². The van der Waals surface area contributed by atoms with Gasteiger partial charge in [-0.25, -0.2) is 0 Å². The predicted molar refractivity (Wildman–Crippen MR) is 54.0 cm³/mol. The Morgan fingerprint density at radius 3 is 2.33 bits per heavy atom. The van der Waals surface area contributed by atoms with E-state index in [2.05, 4.69) is 16.1 Å². The Labute approximate surface area is 89.2 Å². The van der Waals surface area contributed by atoms with Crippen LogP contribution in [0.25, 0.3) is 0 Å². The lowest BCUT2D eigenvalue weighted by atomic mass is 10.0. The summed E-state index contributed by atoms with van der Waals surface area (Å²) in [7, 11) is 2.58. The number of hydrogen-bond acceptors (Lipinski definition) is 4. The van der Waals surface area contributed by atoms with Crippen LogP contribution in [0.3, 0.4) is 0 Å². The maximum Gasteiger partial charge on any atom is 0.323 e. The molecule has 84 valence electrons.